The Kier molecular flexibility index (Phi) is 5.87. The van der Waals surface area contributed by atoms with E-state index in [0.29, 0.717) is 25.9 Å². The van der Waals surface area contributed by atoms with Gasteiger partial charge in [-0.3, -0.25) is 4.90 Å². The predicted molar refractivity (Wildman–Crippen MR) is 107 cm³/mol. The molecule has 4 rings (SSSR count). The number of piperidine rings is 1. The minimum absolute atomic E-state index is 0.0908. The van der Waals surface area contributed by atoms with Crippen molar-refractivity contribution in [3.05, 3.63) is 60.4 Å². The molecular formula is C21H25FN2O4S. The molecule has 2 atom stereocenters. The van der Waals surface area contributed by atoms with Crippen LogP contribution in [0.1, 0.15) is 12.8 Å². The lowest BCUT2D eigenvalue weighted by Gasteiger charge is -2.36. The molecule has 2 aliphatic heterocycles. The summed E-state index contributed by atoms with van der Waals surface area (Å²) in [4.78, 5) is 2.36. The average molecular weight is 421 g/mol. The van der Waals surface area contributed by atoms with Crippen molar-refractivity contribution in [2.24, 2.45) is 0 Å². The summed E-state index contributed by atoms with van der Waals surface area (Å²) in [5.41, 5.74) is 0. The van der Waals surface area contributed by atoms with Crippen LogP contribution in [0.2, 0.25) is 0 Å². The van der Waals surface area contributed by atoms with Gasteiger partial charge in [-0.1, -0.05) is 30.3 Å². The van der Waals surface area contributed by atoms with Crippen LogP contribution in [0.3, 0.4) is 0 Å². The monoisotopic (exact) mass is 420 g/mol. The fraction of sp³-hybridized carbons (Fsp3) is 0.429. The van der Waals surface area contributed by atoms with E-state index in [1.807, 2.05) is 0 Å². The van der Waals surface area contributed by atoms with Gasteiger partial charge in [0.05, 0.1) is 17.0 Å². The van der Waals surface area contributed by atoms with E-state index < -0.39 is 16.1 Å². The lowest BCUT2D eigenvalue weighted by atomic mass is 10.0. The minimum Gasteiger partial charge on any atom is -0.487 e. The van der Waals surface area contributed by atoms with E-state index in [1.54, 1.807) is 48.5 Å². The smallest absolute Gasteiger partial charge is 0.243 e. The maximum absolute atomic E-state index is 13.8. The van der Waals surface area contributed by atoms with E-state index in [1.165, 1.54) is 10.4 Å². The molecule has 2 aromatic rings. The molecule has 0 bridgehead atoms. The van der Waals surface area contributed by atoms with Gasteiger partial charge in [-0.25, -0.2) is 12.8 Å². The molecule has 1 N–H and O–H groups in total. The number of aliphatic hydroxyl groups is 1. The number of para-hydroxylation sites is 1. The van der Waals surface area contributed by atoms with Gasteiger partial charge >= 0.3 is 0 Å². The summed E-state index contributed by atoms with van der Waals surface area (Å²) in [6.45, 7) is 1.69. The number of sulfonamides is 1. The number of nitrogens with zero attached hydrogens (tertiary/aromatic N) is 2. The van der Waals surface area contributed by atoms with Gasteiger partial charge in [0, 0.05) is 26.2 Å². The van der Waals surface area contributed by atoms with Gasteiger partial charge in [0.15, 0.2) is 11.6 Å². The van der Waals surface area contributed by atoms with Crippen molar-refractivity contribution in [2.45, 2.75) is 36.0 Å². The van der Waals surface area contributed by atoms with Crippen LogP contribution in [-0.4, -0.2) is 67.2 Å². The van der Waals surface area contributed by atoms with Gasteiger partial charge in [0.1, 0.15) is 6.10 Å². The molecule has 156 valence electrons. The molecule has 0 saturated carbocycles. The first-order chi connectivity index (χ1) is 13.9. The summed E-state index contributed by atoms with van der Waals surface area (Å²) >= 11 is 0. The largest absolute Gasteiger partial charge is 0.487 e. The molecule has 6 nitrogen and oxygen atoms in total. The first-order valence-electron chi connectivity index (χ1n) is 9.83. The quantitative estimate of drug-likeness (QED) is 0.802. The Morgan fingerprint density at radius 1 is 0.966 bits per heavy atom. The van der Waals surface area contributed by atoms with Crippen LogP contribution in [0.5, 0.6) is 5.75 Å². The second-order valence-corrected chi connectivity index (χ2v) is 9.49. The number of halogens is 1. The van der Waals surface area contributed by atoms with Crippen molar-refractivity contribution >= 4 is 10.0 Å². The molecule has 2 saturated heterocycles. The fourth-order valence-electron chi connectivity index (χ4n) is 4.08. The SMILES string of the molecule is O=S(=O)(c1ccccc1)N1C[C@H](O)[C@@H](N2CCC(Oc3ccccc3F)CC2)C1. The molecule has 0 amide bonds. The first kappa shape index (κ1) is 20.3. The highest BCUT2D eigenvalue weighted by Crippen LogP contribution is 2.27. The van der Waals surface area contributed by atoms with Crippen LogP contribution in [-0.2, 0) is 10.0 Å². The summed E-state index contributed by atoms with van der Waals surface area (Å²) < 4.78 is 46.6. The number of likely N-dealkylation sites (tertiary alicyclic amines) is 1. The van der Waals surface area contributed by atoms with Gasteiger partial charge in [-0.15, -0.1) is 0 Å². The van der Waals surface area contributed by atoms with Gasteiger partial charge in [-0.05, 0) is 37.1 Å². The third kappa shape index (κ3) is 4.30. The van der Waals surface area contributed by atoms with E-state index in [4.69, 9.17) is 4.74 Å². The minimum atomic E-state index is -3.62. The van der Waals surface area contributed by atoms with Gasteiger partial charge in [-0.2, -0.15) is 4.31 Å². The lowest BCUT2D eigenvalue weighted by Crippen LogP contribution is -2.49. The van der Waals surface area contributed by atoms with Gasteiger partial charge < -0.3 is 9.84 Å². The predicted octanol–water partition coefficient (Wildman–Crippen LogP) is 2.10. The molecule has 0 radical (unpaired) electrons. The van der Waals surface area contributed by atoms with Crippen LogP contribution in [0.25, 0.3) is 0 Å². The lowest BCUT2D eigenvalue weighted by molar-refractivity contribution is 0.0353. The molecule has 2 fully saturated rings. The Morgan fingerprint density at radius 2 is 1.62 bits per heavy atom. The van der Waals surface area contributed by atoms with Crippen LogP contribution < -0.4 is 4.74 Å². The summed E-state index contributed by atoms with van der Waals surface area (Å²) in [5.74, 6) is -0.116. The number of ether oxygens (including phenoxy) is 1. The number of hydrogen-bond acceptors (Lipinski definition) is 5. The second-order valence-electron chi connectivity index (χ2n) is 7.55. The third-order valence-electron chi connectivity index (χ3n) is 5.68. The zero-order chi connectivity index (χ0) is 20.4. The molecule has 29 heavy (non-hydrogen) atoms. The van der Waals surface area contributed by atoms with Gasteiger partial charge in [0.2, 0.25) is 10.0 Å². The molecule has 2 heterocycles. The number of hydrogen-bond donors (Lipinski definition) is 1. The molecule has 2 aliphatic rings. The van der Waals surface area contributed by atoms with E-state index in [2.05, 4.69) is 4.90 Å². The fourth-order valence-corrected chi connectivity index (χ4v) is 5.57. The highest BCUT2D eigenvalue weighted by atomic mass is 32.2. The summed E-state index contributed by atoms with van der Waals surface area (Å²) in [5, 5.41) is 10.5. The van der Waals surface area contributed by atoms with Crippen molar-refractivity contribution in [3.63, 3.8) is 0 Å². The van der Waals surface area contributed by atoms with Crippen LogP contribution in [0.4, 0.5) is 4.39 Å². The molecule has 0 spiro atoms. The highest BCUT2D eigenvalue weighted by Gasteiger charge is 2.42. The highest BCUT2D eigenvalue weighted by molar-refractivity contribution is 7.89. The normalized spacial score (nSPS) is 24.6. The van der Waals surface area contributed by atoms with Crippen molar-refractivity contribution in [1.29, 1.82) is 0 Å². The standard InChI is InChI=1S/C21H25FN2O4S/c22-18-8-4-5-9-21(18)28-16-10-12-23(13-11-16)19-14-24(15-20(19)25)29(26,27)17-6-2-1-3-7-17/h1-9,16,19-20,25H,10-15H2/t19-,20-/m0/s1. The van der Waals surface area contributed by atoms with Crippen LogP contribution >= 0.6 is 0 Å². The zero-order valence-corrected chi connectivity index (χ0v) is 16.8. The zero-order valence-electron chi connectivity index (χ0n) is 16.0. The average Bonchev–Trinajstić information content (AvgIpc) is 3.13. The molecular weight excluding hydrogens is 395 g/mol. The van der Waals surface area contributed by atoms with Crippen LogP contribution in [0.15, 0.2) is 59.5 Å². The van der Waals surface area contributed by atoms with Gasteiger partial charge in [0.25, 0.3) is 0 Å². The molecule has 2 aromatic carbocycles. The topological polar surface area (TPSA) is 70.1 Å². The Labute approximate surface area is 170 Å². The molecule has 8 heteroatoms. The van der Waals surface area contributed by atoms with E-state index in [9.17, 15) is 17.9 Å². The van der Waals surface area contributed by atoms with Crippen molar-refractivity contribution in [2.75, 3.05) is 26.2 Å². The maximum Gasteiger partial charge on any atom is 0.243 e. The van der Waals surface area contributed by atoms with Crippen molar-refractivity contribution in [1.82, 2.24) is 9.21 Å². The Bertz CT molecular complexity index is 933. The third-order valence-corrected chi connectivity index (χ3v) is 7.53. The van der Waals surface area contributed by atoms with E-state index >= 15 is 0 Å². The number of benzene rings is 2. The number of rotatable bonds is 5. The maximum atomic E-state index is 13.8. The van der Waals surface area contributed by atoms with E-state index in [-0.39, 0.29) is 41.7 Å². The second kappa shape index (κ2) is 8.39. The van der Waals surface area contributed by atoms with Crippen molar-refractivity contribution in [3.8, 4) is 5.75 Å². The molecule has 0 unspecified atom stereocenters. The summed E-state index contributed by atoms with van der Waals surface area (Å²) in [6.07, 6.45) is 0.565. The molecule has 0 aromatic heterocycles. The Morgan fingerprint density at radius 3 is 2.31 bits per heavy atom. The van der Waals surface area contributed by atoms with Crippen LogP contribution in [0, 0.1) is 5.82 Å². The van der Waals surface area contributed by atoms with Crippen molar-refractivity contribution < 1.29 is 22.7 Å². The summed E-state index contributed by atoms with van der Waals surface area (Å²) in [6, 6.07) is 14.4. The Balaban J connectivity index is 1.36. The number of β-amino-alcohol motifs (C(OH)–C–C–N with tert-alkyl or cyclic N) is 1. The first-order valence-corrected chi connectivity index (χ1v) is 11.3. The van der Waals surface area contributed by atoms with E-state index in [0.717, 1.165) is 0 Å². The molecule has 0 aliphatic carbocycles. The summed E-state index contributed by atoms with van der Waals surface area (Å²) in [7, 11) is -3.62. The number of aliphatic hydroxyl groups excluding tert-OH is 1. The Hall–Kier alpha value is -2.00.